The predicted octanol–water partition coefficient (Wildman–Crippen LogP) is 1.10. The van der Waals surface area contributed by atoms with Crippen molar-refractivity contribution in [1.29, 1.82) is 0 Å². The van der Waals surface area contributed by atoms with Crippen molar-refractivity contribution in [1.82, 2.24) is 0 Å². The number of ether oxygens (including phenoxy) is 2. The molecule has 0 aliphatic carbocycles. The van der Waals surface area contributed by atoms with E-state index < -0.39 is 5.60 Å². The van der Waals surface area contributed by atoms with Gasteiger partial charge in [0, 0.05) is 11.5 Å². The van der Waals surface area contributed by atoms with Crippen molar-refractivity contribution in [2.75, 3.05) is 11.5 Å². The Morgan fingerprint density at radius 1 is 1.75 bits per heavy atom. The SMILES string of the molecule is CO[C@@H]1C=C[C@](C)(O)[C@@H](CI)O1. The number of hydrogen-bond donors (Lipinski definition) is 1. The van der Waals surface area contributed by atoms with Crippen molar-refractivity contribution < 1.29 is 14.6 Å². The molecule has 0 fully saturated rings. The smallest absolute Gasteiger partial charge is 0.177 e. The molecule has 0 radical (unpaired) electrons. The van der Waals surface area contributed by atoms with Gasteiger partial charge in [0.05, 0.1) is 0 Å². The first-order valence-corrected chi connectivity index (χ1v) is 5.28. The van der Waals surface area contributed by atoms with Crippen LogP contribution in [0.2, 0.25) is 0 Å². The average molecular weight is 284 g/mol. The van der Waals surface area contributed by atoms with Crippen LogP contribution < -0.4 is 0 Å². The molecule has 0 spiro atoms. The lowest BCUT2D eigenvalue weighted by Gasteiger charge is -2.34. The van der Waals surface area contributed by atoms with Crippen LogP contribution in [0, 0.1) is 0 Å². The maximum Gasteiger partial charge on any atom is 0.177 e. The minimum absolute atomic E-state index is 0.187. The standard InChI is InChI=1S/C8H13IO3/c1-8(10)4-3-7(11-2)12-6(8)5-9/h3-4,6-7,10H,5H2,1-2H3/t6-,7+,8+/m1/s1. The lowest BCUT2D eigenvalue weighted by molar-refractivity contribution is -0.172. The highest BCUT2D eigenvalue weighted by Crippen LogP contribution is 2.24. The van der Waals surface area contributed by atoms with Crippen LogP contribution in [0.15, 0.2) is 12.2 Å². The lowest BCUT2D eigenvalue weighted by Crippen LogP contribution is -2.46. The van der Waals surface area contributed by atoms with Gasteiger partial charge in [-0.3, -0.25) is 0 Å². The van der Waals surface area contributed by atoms with Crippen LogP contribution in [-0.4, -0.2) is 34.6 Å². The summed E-state index contributed by atoms with van der Waals surface area (Å²) in [5, 5.41) is 9.78. The fraction of sp³-hybridized carbons (Fsp3) is 0.750. The molecule has 0 bridgehead atoms. The number of aliphatic hydroxyl groups is 1. The summed E-state index contributed by atoms with van der Waals surface area (Å²) in [4.78, 5) is 0. The van der Waals surface area contributed by atoms with Gasteiger partial charge >= 0.3 is 0 Å². The summed E-state index contributed by atoms with van der Waals surface area (Å²) in [5.74, 6) is 0. The van der Waals surface area contributed by atoms with Crippen LogP contribution in [0.1, 0.15) is 6.92 Å². The molecular formula is C8H13IO3. The summed E-state index contributed by atoms with van der Waals surface area (Å²) in [6, 6.07) is 0. The highest BCUT2D eigenvalue weighted by molar-refractivity contribution is 14.1. The van der Waals surface area contributed by atoms with E-state index >= 15 is 0 Å². The molecule has 0 aromatic carbocycles. The summed E-state index contributed by atoms with van der Waals surface area (Å²) < 4.78 is 11.2. The van der Waals surface area contributed by atoms with Gasteiger partial charge in [-0.2, -0.15) is 0 Å². The quantitative estimate of drug-likeness (QED) is 0.469. The molecule has 3 nitrogen and oxygen atoms in total. The van der Waals surface area contributed by atoms with Gasteiger partial charge in [0.25, 0.3) is 0 Å². The second-order valence-electron chi connectivity index (χ2n) is 2.97. The molecular weight excluding hydrogens is 271 g/mol. The third-order valence-electron chi connectivity index (χ3n) is 1.91. The van der Waals surface area contributed by atoms with Crippen LogP contribution in [0.25, 0.3) is 0 Å². The Hall–Kier alpha value is 0.350. The molecule has 0 amide bonds. The molecule has 4 heteroatoms. The molecule has 70 valence electrons. The predicted molar refractivity (Wildman–Crippen MR) is 54.3 cm³/mol. The van der Waals surface area contributed by atoms with Gasteiger partial charge in [-0.15, -0.1) is 0 Å². The Bertz CT molecular complexity index is 179. The fourth-order valence-corrected chi connectivity index (χ4v) is 2.15. The molecule has 1 N–H and O–H groups in total. The Balaban J connectivity index is 2.70. The van der Waals surface area contributed by atoms with Crippen molar-refractivity contribution in [2.24, 2.45) is 0 Å². The molecule has 1 rings (SSSR count). The van der Waals surface area contributed by atoms with Gasteiger partial charge in [-0.1, -0.05) is 22.6 Å². The second-order valence-corrected chi connectivity index (χ2v) is 3.85. The number of methoxy groups -OCH3 is 1. The lowest BCUT2D eigenvalue weighted by atomic mass is 9.98. The number of halogens is 1. The minimum Gasteiger partial charge on any atom is -0.383 e. The van der Waals surface area contributed by atoms with Crippen molar-refractivity contribution in [3.8, 4) is 0 Å². The average Bonchev–Trinajstić information content (AvgIpc) is 2.04. The van der Waals surface area contributed by atoms with Gasteiger partial charge < -0.3 is 14.6 Å². The zero-order valence-electron chi connectivity index (χ0n) is 7.16. The molecule has 0 saturated heterocycles. The second kappa shape index (κ2) is 4.04. The Morgan fingerprint density at radius 3 is 2.92 bits per heavy atom. The van der Waals surface area contributed by atoms with Gasteiger partial charge in [-0.25, -0.2) is 0 Å². The van der Waals surface area contributed by atoms with Gasteiger partial charge in [-0.05, 0) is 19.1 Å². The molecule has 0 saturated carbocycles. The van der Waals surface area contributed by atoms with Crippen LogP contribution >= 0.6 is 22.6 Å². The summed E-state index contributed by atoms with van der Waals surface area (Å²) in [6.45, 7) is 1.73. The normalized spacial score (nSPS) is 41.7. The van der Waals surface area contributed by atoms with Crippen LogP contribution in [0.5, 0.6) is 0 Å². The minimum atomic E-state index is -0.865. The van der Waals surface area contributed by atoms with Crippen LogP contribution in [0.3, 0.4) is 0 Å². The van der Waals surface area contributed by atoms with E-state index in [9.17, 15) is 5.11 Å². The summed E-state index contributed by atoms with van der Waals surface area (Å²) >= 11 is 2.18. The van der Waals surface area contributed by atoms with Crippen LogP contribution in [0.4, 0.5) is 0 Å². The zero-order chi connectivity index (χ0) is 9.19. The molecule has 0 unspecified atom stereocenters. The third-order valence-corrected chi connectivity index (χ3v) is 2.71. The molecule has 1 aliphatic rings. The molecule has 1 aliphatic heterocycles. The zero-order valence-corrected chi connectivity index (χ0v) is 9.32. The van der Waals surface area contributed by atoms with Crippen molar-refractivity contribution >= 4 is 22.6 Å². The fourth-order valence-electron chi connectivity index (χ4n) is 1.05. The number of alkyl halides is 1. The van der Waals surface area contributed by atoms with Crippen LogP contribution in [-0.2, 0) is 9.47 Å². The van der Waals surface area contributed by atoms with E-state index in [1.54, 1.807) is 26.2 Å². The summed E-state index contributed by atoms with van der Waals surface area (Å²) in [7, 11) is 1.58. The molecule has 1 heterocycles. The molecule has 12 heavy (non-hydrogen) atoms. The maximum absolute atomic E-state index is 9.78. The third kappa shape index (κ3) is 2.18. The van der Waals surface area contributed by atoms with E-state index in [0.717, 1.165) is 4.43 Å². The highest BCUT2D eigenvalue weighted by Gasteiger charge is 2.34. The monoisotopic (exact) mass is 284 g/mol. The number of hydrogen-bond acceptors (Lipinski definition) is 3. The summed E-state index contributed by atoms with van der Waals surface area (Å²) in [5.41, 5.74) is -0.865. The van der Waals surface area contributed by atoms with E-state index in [2.05, 4.69) is 22.6 Å². The van der Waals surface area contributed by atoms with Crippen molar-refractivity contribution in [3.63, 3.8) is 0 Å². The largest absolute Gasteiger partial charge is 0.383 e. The van der Waals surface area contributed by atoms with E-state index in [1.165, 1.54) is 0 Å². The first-order chi connectivity index (χ1) is 5.60. The van der Waals surface area contributed by atoms with E-state index in [-0.39, 0.29) is 12.4 Å². The topological polar surface area (TPSA) is 38.7 Å². The van der Waals surface area contributed by atoms with Gasteiger partial charge in [0.15, 0.2) is 6.29 Å². The first kappa shape index (κ1) is 10.4. The van der Waals surface area contributed by atoms with E-state index in [1.807, 2.05) is 0 Å². The molecule has 0 aromatic rings. The van der Waals surface area contributed by atoms with E-state index in [4.69, 9.17) is 9.47 Å². The Kier molecular flexibility index (Phi) is 3.51. The maximum atomic E-state index is 9.78. The van der Waals surface area contributed by atoms with Crippen molar-refractivity contribution in [3.05, 3.63) is 12.2 Å². The van der Waals surface area contributed by atoms with Gasteiger partial charge in [0.1, 0.15) is 11.7 Å². The molecule has 0 aromatic heterocycles. The Morgan fingerprint density at radius 2 is 2.42 bits per heavy atom. The molecule has 3 atom stereocenters. The Labute approximate surface area is 85.9 Å². The number of rotatable bonds is 2. The van der Waals surface area contributed by atoms with Crippen molar-refractivity contribution in [2.45, 2.75) is 24.9 Å². The summed E-state index contributed by atoms with van der Waals surface area (Å²) in [6.07, 6.45) is 2.95. The first-order valence-electron chi connectivity index (χ1n) is 3.76. The highest BCUT2D eigenvalue weighted by atomic mass is 127. The van der Waals surface area contributed by atoms with E-state index in [0.29, 0.717) is 0 Å². The van der Waals surface area contributed by atoms with Gasteiger partial charge in [0.2, 0.25) is 0 Å².